The summed E-state index contributed by atoms with van der Waals surface area (Å²) in [4.78, 5) is 4.08. The van der Waals surface area contributed by atoms with Crippen LogP contribution < -0.4 is 0 Å². The second-order valence-corrected chi connectivity index (χ2v) is 3.05. The molecule has 0 spiro atoms. The standard InChI is InChI=1S/C10H12ClN/c1-9-6-10(8-12-7-9)4-2-3-5-11/h2,4,6-8H,3,5H2,1H3. The van der Waals surface area contributed by atoms with Crippen LogP contribution in [0.2, 0.25) is 0 Å². The molecule has 0 aliphatic carbocycles. The summed E-state index contributed by atoms with van der Waals surface area (Å²) in [7, 11) is 0. The summed E-state index contributed by atoms with van der Waals surface area (Å²) >= 11 is 5.53. The van der Waals surface area contributed by atoms with Crippen molar-refractivity contribution in [3.05, 3.63) is 35.7 Å². The first-order valence-electron chi connectivity index (χ1n) is 3.97. The van der Waals surface area contributed by atoms with Gasteiger partial charge in [0.15, 0.2) is 0 Å². The van der Waals surface area contributed by atoms with Crippen molar-refractivity contribution < 1.29 is 0 Å². The number of nitrogens with zero attached hydrogens (tertiary/aromatic N) is 1. The van der Waals surface area contributed by atoms with Crippen molar-refractivity contribution in [1.82, 2.24) is 4.98 Å². The highest BCUT2D eigenvalue weighted by atomic mass is 35.5. The van der Waals surface area contributed by atoms with Gasteiger partial charge in [0.1, 0.15) is 0 Å². The first kappa shape index (κ1) is 9.27. The molecule has 1 rings (SSSR count). The molecule has 0 atom stereocenters. The van der Waals surface area contributed by atoms with Gasteiger partial charge in [-0.15, -0.1) is 11.6 Å². The van der Waals surface area contributed by atoms with E-state index in [1.807, 2.05) is 25.4 Å². The molecule has 0 radical (unpaired) electrons. The molecule has 0 amide bonds. The van der Waals surface area contributed by atoms with Crippen LogP contribution in [0, 0.1) is 6.92 Å². The Bertz CT molecular complexity index is 268. The Hall–Kier alpha value is -0.820. The Kier molecular flexibility index (Phi) is 3.81. The summed E-state index contributed by atoms with van der Waals surface area (Å²) in [6.07, 6.45) is 8.71. The third-order valence-electron chi connectivity index (χ3n) is 1.48. The average molecular weight is 182 g/mol. The second-order valence-electron chi connectivity index (χ2n) is 2.68. The van der Waals surface area contributed by atoms with E-state index in [9.17, 15) is 0 Å². The minimum absolute atomic E-state index is 0.676. The fraction of sp³-hybridized carbons (Fsp3) is 0.300. The molecule has 64 valence electrons. The van der Waals surface area contributed by atoms with Gasteiger partial charge in [-0.05, 0) is 30.5 Å². The average Bonchev–Trinajstić information content (AvgIpc) is 2.05. The molecule has 0 saturated carbocycles. The van der Waals surface area contributed by atoms with Crippen LogP contribution in [0.4, 0.5) is 0 Å². The van der Waals surface area contributed by atoms with Crippen LogP contribution in [0.1, 0.15) is 17.5 Å². The molecule has 0 bridgehead atoms. The van der Waals surface area contributed by atoms with Crippen LogP contribution in [0.15, 0.2) is 24.5 Å². The van der Waals surface area contributed by atoms with Gasteiger partial charge in [0, 0.05) is 18.3 Å². The van der Waals surface area contributed by atoms with E-state index < -0.39 is 0 Å². The molecule has 1 aromatic heterocycles. The summed E-state index contributed by atoms with van der Waals surface area (Å²) in [5, 5.41) is 0. The summed E-state index contributed by atoms with van der Waals surface area (Å²) in [6, 6.07) is 2.09. The number of allylic oxidation sites excluding steroid dienone is 1. The normalized spacial score (nSPS) is 10.8. The maximum Gasteiger partial charge on any atom is 0.0340 e. The lowest BCUT2D eigenvalue weighted by Crippen LogP contribution is -1.79. The Labute approximate surface area is 78.1 Å². The monoisotopic (exact) mass is 181 g/mol. The van der Waals surface area contributed by atoms with E-state index in [1.165, 1.54) is 5.56 Å². The number of alkyl halides is 1. The molecule has 1 nitrogen and oxygen atoms in total. The number of aryl methyl sites for hydroxylation is 1. The molecule has 0 aliphatic heterocycles. The summed E-state index contributed by atoms with van der Waals surface area (Å²) < 4.78 is 0. The van der Waals surface area contributed by atoms with Crippen LogP contribution in [0.3, 0.4) is 0 Å². The molecular formula is C10H12ClN. The van der Waals surface area contributed by atoms with Crippen LogP contribution in [-0.4, -0.2) is 10.9 Å². The predicted octanol–water partition coefficient (Wildman–Crippen LogP) is 3.03. The lowest BCUT2D eigenvalue weighted by molar-refractivity contribution is 1.23. The number of halogens is 1. The molecule has 1 aromatic rings. The van der Waals surface area contributed by atoms with E-state index in [1.54, 1.807) is 0 Å². The molecular weight excluding hydrogens is 170 g/mol. The zero-order valence-electron chi connectivity index (χ0n) is 7.13. The van der Waals surface area contributed by atoms with Gasteiger partial charge in [-0.2, -0.15) is 0 Å². The van der Waals surface area contributed by atoms with Gasteiger partial charge in [-0.3, -0.25) is 4.98 Å². The lowest BCUT2D eigenvalue weighted by Gasteiger charge is -1.93. The smallest absolute Gasteiger partial charge is 0.0340 e. The molecule has 0 aromatic carbocycles. The van der Waals surface area contributed by atoms with E-state index in [4.69, 9.17) is 11.6 Å². The topological polar surface area (TPSA) is 12.9 Å². The van der Waals surface area contributed by atoms with E-state index in [0.717, 1.165) is 12.0 Å². The third kappa shape index (κ3) is 3.05. The van der Waals surface area contributed by atoms with Gasteiger partial charge in [0.25, 0.3) is 0 Å². The minimum Gasteiger partial charge on any atom is -0.264 e. The fourth-order valence-electron chi connectivity index (χ4n) is 0.952. The van der Waals surface area contributed by atoms with Gasteiger partial charge in [-0.1, -0.05) is 12.2 Å². The number of aromatic nitrogens is 1. The summed E-state index contributed by atoms with van der Waals surface area (Å²) in [5.41, 5.74) is 2.32. The van der Waals surface area contributed by atoms with E-state index >= 15 is 0 Å². The van der Waals surface area contributed by atoms with Crippen molar-refractivity contribution >= 4 is 17.7 Å². The molecule has 12 heavy (non-hydrogen) atoms. The first-order chi connectivity index (χ1) is 5.83. The quantitative estimate of drug-likeness (QED) is 0.654. The lowest BCUT2D eigenvalue weighted by atomic mass is 10.2. The Morgan fingerprint density at radius 1 is 1.50 bits per heavy atom. The van der Waals surface area contributed by atoms with Crippen molar-refractivity contribution in [2.45, 2.75) is 13.3 Å². The number of rotatable bonds is 3. The molecule has 0 aliphatic rings. The summed E-state index contributed by atoms with van der Waals surface area (Å²) in [5.74, 6) is 0.676. The molecule has 2 heteroatoms. The minimum atomic E-state index is 0.676. The van der Waals surface area contributed by atoms with Crippen LogP contribution >= 0.6 is 11.6 Å². The predicted molar refractivity (Wildman–Crippen MR) is 53.3 cm³/mol. The van der Waals surface area contributed by atoms with Gasteiger partial charge in [-0.25, -0.2) is 0 Å². The van der Waals surface area contributed by atoms with Gasteiger partial charge < -0.3 is 0 Å². The third-order valence-corrected chi connectivity index (χ3v) is 1.70. The highest BCUT2D eigenvalue weighted by Gasteiger charge is 1.86. The molecule has 0 unspecified atom stereocenters. The summed E-state index contributed by atoms with van der Waals surface area (Å²) in [6.45, 7) is 2.03. The zero-order chi connectivity index (χ0) is 8.81. The largest absolute Gasteiger partial charge is 0.264 e. The van der Waals surface area contributed by atoms with Crippen molar-refractivity contribution in [2.75, 3.05) is 5.88 Å². The van der Waals surface area contributed by atoms with Crippen molar-refractivity contribution in [3.63, 3.8) is 0 Å². The fourth-order valence-corrected chi connectivity index (χ4v) is 1.08. The van der Waals surface area contributed by atoms with Gasteiger partial charge in [0.2, 0.25) is 0 Å². The SMILES string of the molecule is Cc1cncc(C=CCCCl)c1. The van der Waals surface area contributed by atoms with Crippen molar-refractivity contribution in [3.8, 4) is 0 Å². The van der Waals surface area contributed by atoms with Crippen LogP contribution in [0.5, 0.6) is 0 Å². The molecule has 0 saturated heterocycles. The van der Waals surface area contributed by atoms with Gasteiger partial charge in [0.05, 0.1) is 0 Å². The molecule has 0 N–H and O–H groups in total. The Morgan fingerprint density at radius 2 is 2.33 bits per heavy atom. The maximum atomic E-state index is 5.53. The Balaban J connectivity index is 2.63. The van der Waals surface area contributed by atoms with Crippen molar-refractivity contribution in [1.29, 1.82) is 0 Å². The first-order valence-corrected chi connectivity index (χ1v) is 4.50. The number of hydrogen-bond acceptors (Lipinski definition) is 1. The van der Waals surface area contributed by atoms with Crippen LogP contribution in [-0.2, 0) is 0 Å². The maximum absolute atomic E-state index is 5.53. The van der Waals surface area contributed by atoms with E-state index in [0.29, 0.717) is 5.88 Å². The zero-order valence-corrected chi connectivity index (χ0v) is 7.88. The number of hydrogen-bond donors (Lipinski definition) is 0. The van der Waals surface area contributed by atoms with Crippen molar-refractivity contribution in [2.24, 2.45) is 0 Å². The molecule has 1 heterocycles. The van der Waals surface area contributed by atoms with Gasteiger partial charge >= 0.3 is 0 Å². The Morgan fingerprint density at radius 3 is 3.00 bits per heavy atom. The molecule has 0 fully saturated rings. The highest BCUT2D eigenvalue weighted by Crippen LogP contribution is 2.03. The number of pyridine rings is 1. The second kappa shape index (κ2) is 4.94. The van der Waals surface area contributed by atoms with E-state index in [2.05, 4.69) is 17.1 Å². The van der Waals surface area contributed by atoms with Crippen LogP contribution in [0.25, 0.3) is 6.08 Å². The highest BCUT2D eigenvalue weighted by molar-refractivity contribution is 6.17. The van der Waals surface area contributed by atoms with E-state index in [-0.39, 0.29) is 0 Å².